The molecule has 1 aliphatic heterocycles. The molecule has 0 radical (unpaired) electrons. The number of esters is 2. The summed E-state index contributed by atoms with van der Waals surface area (Å²) in [5, 5.41) is 30.9. The van der Waals surface area contributed by atoms with Crippen LogP contribution in [0.15, 0.2) is 12.2 Å². The van der Waals surface area contributed by atoms with E-state index in [9.17, 15) is 37.9 Å². The number of ether oxygens (including phenoxy) is 4. The minimum absolute atomic E-state index is 0.163. The molecule has 1 heterocycles. The average Bonchev–Trinajstić information content (AvgIpc) is 3.22. The van der Waals surface area contributed by atoms with Crippen LogP contribution in [0, 0.1) is 0 Å². The van der Waals surface area contributed by atoms with Crippen LogP contribution in [0.25, 0.3) is 0 Å². The van der Waals surface area contributed by atoms with Gasteiger partial charge in [-0.2, -0.15) is 8.42 Å². The van der Waals surface area contributed by atoms with E-state index in [0.717, 1.165) is 51.4 Å². The minimum atomic E-state index is -4.60. The van der Waals surface area contributed by atoms with Crippen LogP contribution < -0.4 is 0 Å². The lowest BCUT2D eigenvalue weighted by Gasteiger charge is -2.40. The molecule has 1 fully saturated rings. The van der Waals surface area contributed by atoms with Gasteiger partial charge in [0.05, 0.1) is 6.61 Å². The summed E-state index contributed by atoms with van der Waals surface area (Å²) in [6.07, 6.45) is 32.5. The van der Waals surface area contributed by atoms with Crippen LogP contribution in [0.3, 0.4) is 0 Å². The van der Waals surface area contributed by atoms with Gasteiger partial charge in [-0.1, -0.05) is 187 Å². The van der Waals surface area contributed by atoms with E-state index >= 15 is 0 Å². The standard InChI is InChI=1S/C48H90O12S/c1-3-5-7-9-11-13-15-17-19-20-21-23-24-26-28-30-32-34-36-43(49)57-38-41(39-58-48-47(53)46(52)45(51)42(60-48)40-61(54,55)56)59-44(50)37-35-33-31-29-27-25-22-18-16-14-12-10-8-6-4-2/h14,16,41-42,45-48,51-53H,3-13,15,17-40H2,1-2H3,(H,54,55,56)/b16-14+/t41-,42-,45-,46?,47?,48+/m1/s1. The molecule has 1 saturated heterocycles. The van der Waals surface area contributed by atoms with E-state index in [1.165, 1.54) is 135 Å². The van der Waals surface area contributed by atoms with Gasteiger partial charge in [0.15, 0.2) is 12.4 Å². The Labute approximate surface area is 371 Å². The zero-order valence-corrected chi connectivity index (χ0v) is 39.4. The fraction of sp³-hybridized carbons (Fsp3) is 0.917. The summed E-state index contributed by atoms with van der Waals surface area (Å²) in [6.45, 7) is 3.78. The van der Waals surface area contributed by atoms with Crippen LogP contribution in [0.2, 0.25) is 0 Å². The number of aliphatic hydroxyl groups is 3. The molecule has 0 aliphatic carbocycles. The maximum absolute atomic E-state index is 12.8. The average molecular weight is 891 g/mol. The van der Waals surface area contributed by atoms with Crippen molar-refractivity contribution in [3.8, 4) is 0 Å². The topological polar surface area (TPSA) is 186 Å². The van der Waals surface area contributed by atoms with Gasteiger partial charge in [-0.05, 0) is 38.5 Å². The van der Waals surface area contributed by atoms with Crippen LogP contribution in [0.1, 0.15) is 226 Å². The SMILES string of the molecule is CCCCCC/C=C/CCCCCCCCCC(=O)O[C@H](COC(=O)CCCCCCCCCCCCCCCCCCCC)CO[C@H]1O[C@H](CS(=O)(=O)O)[C@@H](O)C(O)C1O. The molecular formula is C48H90O12S. The van der Waals surface area contributed by atoms with Gasteiger partial charge < -0.3 is 34.3 Å². The summed E-state index contributed by atoms with van der Waals surface area (Å²) in [5.74, 6) is -1.97. The third kappa shape index (κ3) is 33.6. The van der Waals surface area contributed by atoms with Crippen molar-refractivity contribution in [1.29, 1.82) is 0 Å². The Morgan fingerprint density at radius 2 is 0.934 bits per heavy atom. The minimum Gasteiger partial charge on any atom is -0.462 e. The molecule has 1 rings (SSSR count). The third-order valence-electron chi connectivity index (χ3n) is 11.6. The van der Waals surface area contributed by atoms with Gasteiger partial charge in [-0.3, -0.25) is 14.1 Å². The van der Waals surface area contributed by atoms with Crippen LogP contribution in [-0.4, -0.2) is 96.0 Å². The molecule has 2 unspecified atom stereocenters. The number of aliphatic hydroxyl groups excluding tert-OH is 3. The lowest BCUT2D eigenvalue weighted by molar-refractivity contribution is -0.297. The van der Waals surface area contributed by atoms with Gasteiger partial charge in [0.1, 0.15) is 36.8 Å². The van der Waals surface area contributed by atoms with E-state index < -0.39 is 71.2 Å². The highest BCUT2D eigenvalue weighted by Crippen LogP contribution is 2.24. The molecule has 0 aromatic carbocycles. The van der Waals surface area contributed by atoms with Gasteiger partial charge in [0, 0.05) is 12.8 Å². The first-order valence-corrected chi connectivity index (χ1v) is 26.4. The summed E-state index contributed by atoms with van der Waals surface area (Å²) in [7, 11) is -4.60. The second kappa shape index (κ2) is 38.8. The predicted molar refractivity (Wildman–Crippen MR) is 243 cm³/mol. The highest BCUT2D eigenvalue weighted by Gasteiger charge is 2.46. The molecule has 1 aliphatic rings. The Balaban J connectivity index is 2.38. The Hall–Kier alpha value is -1.61. The fourth-order valence-electron chi connectivity index (χ4n) is 7.73. The van der Waals surface area contributed by atoms with Gasteiger partial charge in [0.2, 0.25) is 0 Å². The number of carbonyl (C=O) groups is 2. The van der Waals surface area contributed by atoms with Crippen molar-refractivity contribution in [2.75, 3.05) is 19.0 Å². The largest absolute Gasteiger partial charge is 0.462 e. The van der Waals surface area contributed by atoms with Crippen LogP contribution in [0.4, 0.5) is 0 Å². The smallest absolute Gasteiger partial charge is 0.306 e. The summed E-state index contributed by atoms with van der Waals surface area (Å²) >= 11 is 0. The molecule has 61 heavy (non-hydrogen) atoms. The van der Waals surface area contributed by atoms with Gasteiger partial charge >= 0.3 is 11.9 Å². The summed E-state index contributed by atoms with van der Waals surface area (Å²) in [6, 6.07) is 0. The summed E-state index contributed by atoms with van der Waals surface area (Å²) in [5.41, 5.74) is 0. The Morgan fingerprint density at radius 3 is 1.38 bits per heavy atom. The van der Waals surface area contributed by atoms with Gasteiger partial charge in [-0.15, -0.1) is 0 Å². The first-order valence-electron chi connectivity index (χ1n) is 24.7. The monoisotopic (exact) mass is 891 g/mol. The van der Waals surface area contributed by atoms with E-state index in [2.05, 4.69) is 26.0 Å². The number of hydrogen-bond acceptors (Lipinski definition) is 11. The van der Waals surface area contributed by atoms with Crippen LogP contribution >= 0.6 is 0 Å². The van der Waals surface area contributed by atoms with Crippen molar-refractivity contribution in [1.82, 2.24) is 0 Å². The van der Waals surface area contributed by atoms with E-state index in [-0.39, 0.29) is 19.4 Å². The van der Waals surface area contributed by atoms with E-state index in [0.29, 0.717) is 12.8 Å². The molecule has 12 nitrogen and oxygen atoms in total. The highest BCUT2D eigenvalue weighted by molar-refractivity contribution is 7.85. The normalized spacial score (nSPS) is 20.0. The summed E-state index contributed by atoms with van der Waals surface area (Å²) < 4.78 is 54.2. The molecule has 0 aromatic heterocycles. The van der Waals surface area contributed by atoms with Crippen molar-refractivity contribution in [2.24, 2.45) is 0 Å². The van der Waals surface area contributed by atoms with Crippen molar-refractivity contribution in [2.45, 2.75) is 263 Å². The van der Waals surface area contributed by atoms with Crippen molar-refractivity contribution in [3.63, 3.8) is 0 Å². The third-order valence-corrected chi connectivity index (χ3v) is 12.3. The Kier molecular flexibility index (Phi) is 36.5. The molecule has 6 atom stereocenters. The Bertz CT molecular complexity index is 1180. The number of allylic oxidation sites excluding steroid dienone is 2. The van der Waals surface area contributed by atoms with Gasteiger partial charge in [0.25, 0.3) is 10.1 Å². The van der Waals surface area contributed by atoms with Gasteiger partial charge in [-0.25, -0.2) is 0 Å². The number of rotatable bonds is 42. The molecule has 0 amide bonds. The molecule has 360 valence electrons. The van der Waals surface area contributed by atoms with Crippen molar-refractivity contribution in [3.05, 3.63) is 12.2 Å². The first-order chi connectivity index (χ1) is 29.5. The Morgan fingerprint density at radius 1 is 0.541 bits per heavy atom. The molecule has 13 heteroatoms. The van der Waals surface area contributed by atoms with Crippen LogP contribution in [-0.2, 0) is 38.7 Å². The number of hydrogen-bond donors (Lipinski definition) is 4. The zero-order valence-electron chi connectivity index (χ0n) is 38.5. The van der Waals surface area contributed by atoms with Crippen molar-refractivity contribution >= 4 is 22.1 Å². The number of carbonyl (C=O) groups excluding carboxylic acids is 2. The highest BCUT2D eigenvalue weighted by atomic mass is 32.2. The quantitative estimate of drug-likeness (QED) is 0.0197. The zero-order chi connectivity index (χ0) is 44.8. The summed E-state index contributed by atoms with van der Waals surface area (Å²) in [4.78, 5) is 25.5. The predicted octanol–water partition coefficient (Wildman–Crippen LogP) is 10.6. The van der Waals surface area contributed by atoms with Crippen LogP contribution in [0.5, 0.6) is 0 Å². The molecule has 0 saturated carbocycles. The maximum Gasteiger partial charge on any atom is 0.306 e. The van der Waals surface area contributed by atoms with Crippen molar-refractivity contribution < 1.29 is 56.8 Å². The second-order valence-corrected chi connectivity index (χ2v) is 19.0. The lowest BCUT2D eigenvalue weighted by atomic mass is 10.00. The van der Waals surface area contributed by atoms with E-state index in [4.69, 9.17) is 18.9 Å². The fourth-order valence-corrected chi connectivity index (χ4v) is 8.42. The molecule has 4 N–H and O–H groups in total. The molecular weight excluding hydrogens is 801 g/mol. The number of unbranched alkanes of at least 4 members (excludes halogenated alkanes) is 28. The van der Waals surface area contributed by atoms with E-state index in [1.807, 2.05) is 0 Å². The maximum atomic E-state index is 12.8. The lowest BCUT2D eigenvalue weighted by Crippen LogP contribution is -2.60. The first kappa shape index (κ1) is 57.4. The molecule has 0 spiro atoms. The molecule has 0 aromatic rings. The second-order valence-electron chi connectivity index (χ2n) is 17.5. The molecule has 0 bridgehead atoms. The van der Waals surface area contributed by atoms with E-state index in [1.54, 1.807) is 0 Å².